The molecular formula is C10H24N2O. The first kappa shape index (κ1) is 12.9. The van der Waals surface area contributed by atoms with Gasteiger partial charge in [0, 0.05) is 6.54 Å². The maximum absolute atomic E-state index is 8.65. The first-order chi connectivity index (χ1) is 6.31. The quantitative estimate of drug-likeness (QED) is 0.527. The van der Waals surface area contributed by atoms with E-state index >= 15 is 0 Å². The second kappa shape index (κ2) is 9.96. The third-order valence-corrected chi connectivity index (χ3v) is 2.23. The van der Waals surface area contributed by atoms with E-state index in [0.717, 1.165) is 26.1 Å². The molecule has 0 bridgehead atoms. The minimum absolute atomic E-state index is 0.268. The zero-order valence-electron chi connectivity index (χ0n) is 8.84. The standard InChI is InChI=1S/C10H24N2O/c1-12(9-10-13)8-6-4-2-3-5-7-11/h13H,2-11H2,1H3. The Morgan fingerprint density at radius 2 is 1.62 bits per heavy atom. The van der Waals surface area contributed by atoms with Crippen LogP contribution in [-0.2, 0) is 0 Å². The molecule has 0 amide bonds. The second-order valence-electron chi connectivity index (χ2n) is 3.58. The van der Waals surface area contributed by atoms with Crippen molar-refractivity contribution in [1.29, 1.82) is 0 Å². The fraction of sp³-hybridized carbons (Fsp3) is 1.00. The monoisotopic (exact) mass is 188 g/mol. The lowest BCUT2D eigenvalue weighted by molar-refractivity contribution is 0.219. The van der Waals surface area contributed by atoms with E-state index in [1.807, 2.05) is 0 Å². The van der Waals surface area contributed by atoms with Gasteiger partial charge in [-0.15, -0.1) is 0 Å². The predicted octanol–water partition coefficient (Wildman–Crippen LogP) is 0.820. The molecule has 0 rings (SSSR count). The number of hydrogen-bond donors (Lipinski definition) is 2. The van der Waals surface area contributed by atoms with Gasteiger partial charge in [-0.1, -0.05) is 19.3 Å². The summed E-state index contributed by atoms with van der Waals surface area (Å²) < 4.78 is 0. The van der Waals surface area contributed by atoms with Gasteiger partial charge in [0.25, 0.3) is 0 Å². The molecule has 0 fully saturated rings. The number of likely N-dealkylation sites (N-methyl/N-ethyl adjacent to an activating group) is 1. The van der Waals surface area contributed by atoms with E-state index < -0.39 is 0 Å². The van der Waals surface area contributed by atoms with Crippen LogP contribution in [0.1, 0.15) is 32.1 Å². The summed E-state index contributed by atoms with van der Waals surface area (Å²) in [6.45, 7) is 2.99. The van der Waals surface area contributed by atoms with E-state index in [0.29, 0.717) is 0 Å². The summed E-state index contributed by atoms with van der Waals surface area (Å²) >= 11 is 0. The van der Waals surface area contributed by atoms with Crippen molar-refractivity contribution < 1.29 is 5.11 Å². The molecule has 0 spiro atoms. The van der Waals surface area contributed by atoms with Crippen molar-refractivity contribution in [1.82, 2.24) is 4.90 Å². The minimum Gasteiger partial charge on any atom is -0.395 e. The van der Waals surface area contributed by atoms with Gasteiger partial charge >= 0.3 is 0 Å². The van der Waals surface area contributed by atoms with Gasteiger partial charge in [-0.25, -0.2) is 0 Å². The fourth-order valence-electron chi connectivity index (χ4n) is 1.34. The number of nitrogens with two attached hydrogens (primary N) is 1. The summed E-state index contributed by atoms with van der Waals surface area (Å²) in [5.74, 6) is 0. The Hall–Kier alpha value is -0.120. The molecule has 0 heterocycles. The van der Waals surface area contributed by atoms with Crippen molar-refractivity contribution in [2.45, 2.75) is 32.1 Å². The molecule has 3 heteroatoms. The largest absolute Gasteiger partial charge is 0.395 e. The molecule has 0 saturated carbocycles. The number of aliphatic hydroxyl groups excluding tert-OH is 1. The molecule has 3 N–H and O–H groups in total. The molecule has 0 aliphatic rings. The molecule has 80 valence electrons. The third kappa shape index (κ3) is 9.80. The summed E-state index contributed by atoms with van der Waals surface area (Å²) in [5, 5.41) is 8.65. The Balaban J connectivity index is 2.97. The van der Waals surface area contributed by atoms with Crippen LogP contribution in [0.3, 0.4) is 0 Å². The van der Waals surface area contributed by atoms with Gasteiger partial charge in [0.2, 0.25) is 0 Å². The van der Waals surface area contributed by atoms with Gasteiger partial charge in [0.1, 0.15) is 0 Å². The Bertz CT molecular complexity index is 98.9. The van der Waals surface area contributed by atoms with Gasteiger partial charge in [-0.2, -0.15) is 0 Å². The highest BCUT2D eigenvalue weighted by Gasteiger charge is 1.96. The third-order valence-electron chi connectivity index (χ3n) is 2.23. The molecule has 13 heavy (non-hydrogen) atoms. The molecular weight excluding hydrogens is 164 g/mol. The highest BCUT2D eigenvalue weighted by Crippen LogP contribution is 2.02. The van der Waals surface area contributed by atoms with E-state index in [1.54, 1.807) is 0 Å². The van der Waals surface area contributed by atoms with E-state index in [-0.39, 0.29) is 6.61 Å². The molecule has 0 aromatic rings. The van der Waals surface area contributed by atoms with Gasteiger partial charge in [0.15, 0.2) is 0 Å². The average molecular weight is 188 g/mol. The molecule has 0 aromatic carbocycles. The maximum atomic E-state index is 8.65. The van der Waals surface area contributed by atoms with E-state index in [4.69, 9.17) is 10.8 Å². The number of unbranched alkanes of at least 4 members (excludes halogenated alkanes) is 4. The highest BCUT2D eigenvalue weighted by atomic mass is 16.3. The van der Waals surface area contributed by atoms with Crippen molar-refractivity contribution in [2.24, 2.45) is 5.73 Å². The molecule has 3 nitrogen and oxygen atoms in total. The summed E-state index contributed by atoms with van der Waals surface area (Å²) in [6.07, 6.45) is 6.24. The fourth-order valence-corrected chi connectivity index (χ4v) is 1.34. The topological polar surface area (TPSA) is 49.5 Å². The van der Waals surface area contributed by atoms with Crippen LogP contribution in [0.5, 0.6) is 0 Å². The molecule has 0 atom stereocenters. The van der Waals surface area contributed by atoms with Crippen LogP contribution in [-0.4, -0.2) is 43.3 Å². The van der Waals surface area contributed by atoms with E-state index in [1.165, 1.54) is 25.7 Å². The summed E-state index contributed by atoms with van der Waals surface area (Å²) in [6, 6.07) is 0. The Kier molecular flexibility index (Phi) is 9.87. The number of aliphatic hydroxyl groups is 1. The van der Waals surface area contributed by atoms with Crippen molar-refractivity contribution >= 4 is 0 Å². The zero-order chi connectivity index (χ0) is 9.94. The summed E-state index contributed by atoms with van der Waals surface area (Å²) in [7, 11) is 2.05. The van der Waals surface area contributed by atoms with Crippen LogP contribution in [0, 0.1) is 0 Å². The average Bonchev–Trinajstić information content (AvgIpc) is 2.11. The first-order valence-corrected chi connectivity index (χ1v) is 5.30. The van der Waals surface area contributed by atoms with Crippen LogP contribution >= 0.6 is 0 Å². The summed E-state index contributed by atoms with van der Waals surface area (Å²) in [5.41, 5.74) is 5.40. The van der Waals surface area contributed by atoms with Crippen LogP contribution in [0.25, 0.3) is 0 Å². The van der Waals surface area contributed by atoms with Crippen LogP contribution in [0.2, 0.25) is 0 Å². The second-order valence-corrected chi connectivity index (χ2v) is 3.58. The predicted molar refractivity (Wildman–Crippen MR) is 56.7 cm³/mol. The normalized spacial score (nSPS) is 11.1. The molecule has 0 aliphatic carbocycles. The molecule has 0 aliphatic heterocycles. The van der Waals surface area contributed by atoms with E-state index in [9.17, 15) is 0 Å². The molecule has 0 saturated heterocycles. The zero-order valence-corrected chi connectivity index (χ0v) is 8.84. The lowest BCUT2D eigenvalue weighted by Gasteiger charge is -2.14. The van der Waals surface area contributed by atoms with Gasteiger partial charge < -0.3 is 15.7 Å². The Labute approximate surface area is 81.9 Å². The number of nitrogens with zero attached hydrogens (tertiary/aromatic N) is 1. The Morgan fingerprint density at radius 3 is 2.23 bits per heavy atom. The van der Waals surface area contributed by atoms with Crippen LogP contribution < -0.4 is 5.73 Å². The van der Waals surface area contributed by atoms with E-state index in [2.05, 4.69) is 11.9 Å². The van der Waals surface area contributed by atoms with Crippen molar-refractivity contribution in [3.63, 3.8) is 0 Å². The summed E-state index contributed by atoms with van der Waals surface area (Å²) in [4.78, 5) is 2.17. The molecule has 0 aromatic heterocycles. The van der Waals surface area contributed by atoms with Crippen LogP contribution in [0.4, 0.5) is 0 Å². The smallest absolute Gasteiger partial charge is 0.0558 e. The van der Waals surface area contributed by atoms with Crippen molar-refractivity contribution in [2.75, 3.05) is 33.3 Å². The lowest BCUT2D eigenvalue weighted by Crippen LogP contribution is -2.23. The molecule has 0 radical (unpaired) electrons. The number of hydrogen-bond acceptors (Lipinski definition) is 3. The molecule has 0 unspecified atom stereocenters. The van der Waals surface area contributed by atoms with Crippen LogP contribution in [0.15, 0.2) is 0 Å². The maximum Gasteiger partial charge on any atom is 0.0558 e. The van der Waals surface area contributed by atoms with Crippen molar-refractivity contribution in [3.05, 3.63) is 0 Å². The van der Waals surface area contributed by atoms with Gasteiger partial charge in [-0.05, 0) is 33.0 Å². The highest BCUT2D eigenvalue weighted by molar-refractivity contribution is 4.51. The number of rotatable bonds is 9. The SMILES string of the molecule is CN(CCO)CCCCCCCN. The van der Waals surface area contributed by atoms with Crippen molar-refractivity contribution in [3.8, 4) is 0 Å². The van der Waals surface area contributed by atoms with Gasteiger partial charge in [-0.3, -0.25) is 0 Å². The minimum atomic E-state index is 0.268. The van der Waals surface area contributed by atoms with Gasteiger partial charge in [0.05, 0.1) is 6.61 Å². The Morgan fingerprint density at radius 1 is 1.00 bits per heavy atom. The first-order valence-electron chi connectivity index (χ1n) is 5.30. The lowest BCUT2D eigenvalue weighted by atomic mass is 10.1.